The maximum absolute atomic E-state index is 11.3. The van der Waals surface area contributed by atoms with Crippen LogP contribution in [0, 0.1) is 0 Å². The third-order valence-corrected chi connectivity index (χ3v) is 2.02. The van der Waals surface area contributed by atoms with E-state index in [-0.39, 0.29) is 5.78 Å². The fraction of sp³-hybridized carbons (Fsp3) is 0.583. The summed E-state index contributed by atoms with van der Waals surface area (Å²) in [7, 11) is 0. The molecule has 1 heteroatoms. The quantitative estimate of drug-likeness (QED) is 0.450. The normalized spacial score (nSPS) is 11.5. The maximum atomic E-state index is 11.3. The molecule has 0 rings (SSSR count). The van der Waals surface area contributed by atoms with Crippen LogP contribution in [0.4, 0.5) is 0 Å². The van der Waals surface area contributed by atoms with Gasteiger partial charge in [-0.05, 0) is 31.8 Å². The van der Waals surface area contributed by atoms with Crippen LogP contribution in [0.15, 0.2) is 23.8 Å². The zero-order chi connectivity index (χ0) is 10.3. The molecule has 0 amide bonds. The molecule has 0 saturated heterocycles. The van der Waals surface area contributed by atoms with Crippen molar-refractivity contribution in [3.8, 4) is 0 Å². The van der Waals surface area contributed by atoms with Crippen LogP contribution in [0.1, 0.15) is 46.5 Å². The zero-order valence-corrected chi connectivity index (χ0v) is 9.02. The molecule has 0 bridgehead atoms. The van der Waals surface area contributed by atoms with Gasteiger partial charge in [0, 0.05) is 6.42 Å². The van der Waals surface area contributed by atoms with E-state index in [9.17, 15) is 4.79 Å². The molecule has 0 aliphatic heterocycles. The van der Waals surface area contributed by atoms with Crippen molar-refractivity contribution in [1.82, 2.24) is 0 Å². The summed E-state index contributed by atoms with van der Waals surface area (Å²) in [4.78, 5) is 11.3. The second kappa shape index (κ2) is 6.64. The van der Waals surface area contributed by atoms with Crippen LogP contribution in [0.2, 0.25) is 0 Å². The Hall–Kier alpha value is -0.850. The fourth-order valence-electron chi connectivity index (χ4n) is 1.18. The van der Waals surface area contributed by atoms with Gasteiger partial charge in [-0.25, -0.2) is 0 Å². The fourth-order valence-corrected chi connectivity index (χ4v) is 1.18. The lowest BCUT2D eigenvalue weighted by Crippen LogP contribution is -1.99. The van der Waals surface area contributed by atoms with Gasteiger partial charge in [-0.15, -0.1) is 6.58 Å². The first-order chi connectivity index (χ1) is 6.11. The standard InChI is InChI=1S/C12H20O/c1-5-11(12(13)6-2)9-7-8-10(3)4/h9H,3,5-8H2,1-2,4H3/b11-9+. The lowest BCUT2D eigenvalue weighted by atomic mass is 10.0. The van der Waals surface area contributed by atoms with Crippen LogP contribution >= 0.6 is 0 Å². The van der Waals surface area contributed by atoms with E-state index in [1.54, 1.807) is 0 Å². The molecule has 0 fully saturated rings. The summed E-state index contributed by atoms with van der Waals surface area (Å²) >= 11 is 0. The Kier molecular flexibility index (Phi) is 6.21. The highest BCUT2D eigenvalue weighted by Gasteiger charge is 2.02. The third kappa shape index (κ3) is 5.40. The highest BCUT2D eigenvalue weighted by Crippen LogP contribution is 2.09. The molecular formula is C12H20O. The molecule has 0 saturated carbocycles. The molecule has 0 aromatic rings. The van der Waals surface area contributed by atoms with E-state index in [2.05, 4.69) is 12.7 Å². The highest BCUT2D eigenvalue weighted by atomic mass is 16.1. The Morgan fingerprint density at radius 1 is 1.31 bits per heavy atom. The van der Waals surface area contributed by atoms with Gasteiger partial charge < -0.3 is 0 Å². The van der Waals surface area contributed by atoms with Crippen LogP contribution in [0.5, 0.6) is 0 Å². The van der Waals surface area contributed by atoms with Gasteiger partial charge in [-0.3, -0.25) is 4.79 Å². The Balaban J connectivity index is 4.07. The van der Waals surface area contributed by atoms with Gasteiger partial charge >= 0.3 is 0 Å². The molecule has 13 heavy (non-hydrogen) atoms. The van der Waals surface area contributed by atoms with E-state index in [0.717, 1.165) is 24.8 Å². The summed E-state index contributed by atoms with van der Waals surface area (Å²) in [5, 5.41) is 0. The SMILES string of the molecule is C=C(C)CC/C=C(\CC)C(=O)CC. The number of carbonyl (C=O) groups is 1. The Labute approximate surface area is 81.5 Å². The number of rotatable bonds is 6. The molecule has 0 aromatic heterocycles. The van der Waals surface area contributed by atoms with Crippen LogP contribution in [0.25, 0.3) is 0 Å². The van der Waals surface area contributed by atoms with E-state index in [1.807, 2.05) is 20.8 Å². The summed E-state index contributed by atoms with van der Waals surface area (Å²) in [5.74, 6) is 0.282. The number of ketones is 1. The average Bonchev–Trinajstić information content (AvgIpc) is 2.11. The molecule has 0 unspecified atom stereocenters. The molecule has 0 radical (unpaired) electrons. The molecule has 74 valence electrons. The largest absolute Gasteiger partial charge is 0.295 e. The molecule has 0 spiro atoms. The van der Waals surface area contributed by atoms with Gasteiger partial charge in [0.15, 0.2) is 5.78 Å². The summed E-state index contributed by atoms with van der Waals surface area (Å²) in [5.41, 5.74) is 2.15. The van der Waals surface area contributed by atoms with Crippen LogP contribution in [-0.4, -0.2) is 5.78 Å². The molecule has 0 aromatic carbocycles. The van der Waals surface area contributed by atoms with E-state index in [4.69, 9.17) is 0 Å². The van der Waals surface area contributed by atoms with Crippen molar-refractivity contribution in [2.75, 3.05) is 0 Å². The topological polar surface area (TPSA) is 17.1 Å². The van der Waals surface area contributed by atoms with Crippen LogP contribution in [-0.2, 0) is 4.79 Å². The molecular weight excluding hydrogens is 160 g/mol. The van der Waals surface area contributed by atoms with Gasteiger partial charge in [0.1, 0.15) is 0 Å². The van der Waals surface area contributed by atoms with E-state index >= 15 is 0 Å². The Morgan fingerprint density at radius 2 is 1.92 bits per heavy atom. The molecule has 0 atom stereocenters. The maximum Gasteiger partial charge on any atom is 0.158 e. The van der Waals surface area contributed by atoms with Gasteiger partial charge in [-0.1, -0.05) is 25.5 Å². The number of hydrogen-bond acceptors (Lipinski definition) is 1. The molecule has 0 aliphatic carbocycles. The van der Waals surface area contributed by atoms with Crippen molar-refractivity contribution in [3.63, 3.8) is 0 Å². The minimum atomic E-state index is 0.282. The predicted molar refractivity (Wildman–Crippen MR) is 57.7 cm³/mol. The number of Topliss-reactive ketones (excluding diaryl/α,β-unsaturated/α-hetero) is 1. The Morgan fingerprint density at radius 3 is 2.31 bits per heavy atom. The van der Waals surface area contributed by atoms with Gasteiger partial charge in [0.2, 0.25) is 0 Å². The lowest BCUT2D eigenvalue weighted by molar-refractivity contribution is -0.115. The van der Waals surface area contributed by atoms with Crippen molar-refractivity contribution in [2.45, 2.75) is 46.5 Å². The second-order valence-electron chi connectivity index (χ2n) is 3.36. The first kappa shape index (κ1) is 12.2. The molecule has 1 nitrogen and oxygen atoms in total. The van der Waals surface area contributed by atoms with Crippen molar-refractivity contribution < 1.29 is 4.79 Å². The van der Waals surface area contributed by atoms with Crippen molar-refractivity contribution in [1.29, 1.82) is 0 Å². The smallest absolute Gasteiger partial charge is 0.158 e. The molecule has 0 aliphatic rings. The van der Waals surface area contributed by atoms with Gasteiger partial charge in [0.25, 0.3) is 0 Å². The van der Waals surface area contributed by atoms with Gasteiger partial charge in [0.05, 0.1) is 0 Å². The zero-order valence-electron chi connectivity index (χ0n) is 9.02. The van der Waals surface area contributed by atoms with E-state index in [1.165, 1.54) is 5.57 Å². The summed E-state index contributed by atoms with van der Waals surface area (Å²) in [6.45, 7) is 9.78. The van der Waals surface area contributed by atoms with Crippen LogP contribution < -0.4 is 0 Å². The van der Waals surface area contributed by atoms with E-state index in [0.29, 0.717) is 6.42 Å². The first-order valence-electron chi connectivity index (χ1n) is 4.98. The van der Waals surface area contributed by atoms with E-state index < -0.39 is 0 Å². The van der Waals surface area contributed by atoms with Crippen LogP contribution in [0.3, 0.4) is 0 Å². The predicted octanol–water partition coefficient (Wildman–Crippen LogP) is 3.66. The molecule has 0 heterocycles. The lowest BCUT2D eigenvalue weighted by Gasteiger charge is -2.01. The summed E-state index contributed by atoms with van der Waals surface area (Å²) in [6.07, 6.45) is 5.46. The number of allylic oxidation sites excluding steroid dienone is 3. The minimum absolute atomic E-state index is 0.282. The van der Waals surface area contributed by atoms with Gasteiger partial charge in [-0.2, -0.15) is 0 Å². The second-order valence-corrected chi connectivity index (χ2v) is 3.36. The summed E-state index contributed by atoms with van der Waals surface area (Å²) < 4.78 is 0. The minimum Gasteiger partial charge on any atom is -0.295 e. The number of hydrogen-bond donors (Lipinski definition) is 0. The Bertz CT molecular complexity index is 211. The van der Waals surface area contributed by atoms with Crippen molar-refractivity contribution in [3.05, 3.63) is 23.8 Å². The van der Waals surface area contributed by atoms with Crippen molar-refractivity contribution >= 4 is 5.78 Å². The van der Waals surface area contributed by atoms with Crippen molar-refractivity contribution in [2.24, 2.45) is 0 Å². The monoisotopic (exact) mass is 180 g/mol. The average molecular weight is 180 g/mol. The summed E-state index contributed by atoms with van der Waals surface area (Å²) in [6, 6.07) is 0. The third-order valence-electron chi connectivity index (χ3n) is 2.02. The molecule has 0 N–H and O–H groups in total. The highest BCUT2D eigenvalue weighted by molar-refractivity contribution is 5.94. The number of carbonyl (C=O) groups excluding carboxylic acids is 1. The first-order valence-corrected chi connectivity index (χ1v) is 4.98.